The molecule has 0 atom stereocenters. The number of anilines is 1. The summed E-state index contributed by atoms with van der Waals surface area (Å²) in [4.78, 5) is 0.191. The summed E-state index contributed by atoms with van der Waals surface area (Å²) in [6.07, 6.45) is 0. The summed E-state index contributed by atoms with van der Waals surface area (Å²) in [6.45, 7) is 1.84. The SMILES string of the molecule is Cc1cccc(S(=O)(=O)Nc2cc(-c3ccsc3)no2)c1. The van der Waals surface area contributed by atoms with E-state index >= 15 is 0 Å². The maximum absolute atomic E-state index is 12.3. The summed E-state index contributed by atoms with van der Waals surface area (Å²) in [5, 5.41) is 7.69. The van der Waals surface area contributed by atoms with Crippen molar-refractivity contribution < 1.29 is 12.9 Å². The number of nitrogens with zero attached hydrogens (tertiary/aromatic N) is 1. The number of aromatic nitrogens is 1. The average Bonchev–Trinajstić information content (AvgIpc) is 3.08. The second-order valence-corrected chi connectivity index (χ2v) is 6.97. The fourth-order valence-electron chi connectivity index (χ4n) is 1.84. The summed E-state index contributed by atoms with van der Waals surface area (Å²) in [5.74, 6) is 0.0951. The molecule has 0 saturated carbocycles. The van der Waals surface area contributed by atoms with Crippen molar-refractivity contribution in [2.75, 3.05) is 4.72 Å². The van der Waals surface area contributed by atoms with Crippen LogP contribution >= 0.6 is 11.3 Å². The van der Waals surface area contributed by atoms with Gasteiger partial charge in [0, 0.05) is 17.0 Å². The van der Waals surface area contributed by atoms with E-state index in [1.54, 1.807) is 18.2 Å². The van der Waals surface area contributed by atoms with Gasteiger partial charge in [-0.3, -0.25) is 0 Å². The van der Waals surface area contributed by atoms with Gasteiger partial charge >= 0.3 is 0 Å². The first-order valence-electron chi connectivity index (χ1n) is 6.13. The van der Waals surface area contributed by atoms with E-state index in [1.807, 2.05) is 29.8 Å². The molecule has 0 saturated heterocycles. The van der Waals surface area contributed by atoms with E-state index in [1.165, 1.54) is 17.4 Å². The molecule has 0 amide bonds. The van der Waals surface area contributed by atoms with Crippen LogP contribution in [0.2, 0.25) is 0 Å². The summed E-state index contributed by atoms with van der Waals surface area (Å²) in [5.41, 5.74) is 2.36. The highest BCUT2D eigenvalue weighted by Gasteiger charge is 2.17. The van der Waals surface area contributed by atoms with Crippen LogP contribution in [0, 0.1) is 6.92 Å². The molecule has 108 valence electrons. The summed E-state index contributed by atoms with van der Waals surface area (Å²) < 4.78 is 31.9. The Kier molecular flexibility index (Phi) is 3.52. The normalized spacial score (nSPS) is 11.5. The second-order valence-electron chi connectivity index (χ2n) is 4.51. The topological polar surface area (TPSA) is 72.2 Å². The van der Waals surface area contributed by atoms with Crippen molar-refractivity contribution in [2.24, 2.45) is 0 Å². The molecule has 0 aliphatic carbocycles. The Labute approximate surface area is 126 Å². The largest absolute Gasteiger partial charge is 0.337 e. The third-order valence-corrected chi connectivity index (χ3v) is 4.89. The smallest absolute Gasteiger partial charge is 0.264 e. The Hall–Kier alpha value is -2.12. The Bertz CT molecular complexity index is 852. The van der Waals surface area contributed by atoms with Crippen molar-refractivity contribution in [3.8, 4) is 11.3 Å². The summed E-state index contributed by atoms with van der Waals surface area (Å²) >= 11 is 1.53. The molecular formula is C14H12N2O3S2. The van der Waals surface area contributed by atoms with Crippen molar-refractivity contribution >= 4 is 27.2 Å². The van der Waals surface area contributed by atoms with E-state index in [0.717, 1.165) is 11.1 Å². The molecule has 0 aliphatic heterocycles. The lowest BCUT2D eigenvalue weighted by atomic mass is 10.2. The zero-order valence-electron chi connectivity index (χ0n) is 11.1. The van der Waals surface area contributed by atoms with Crippen LogP contribution in [0.15, 0.2) is 56.6 Å². The van der Waals surface area contributed by atoms with Gasteiger partial charge in [-0.15, -0.1) is 0 Å². The minimum Gasteiger partial charge on any atom is -0.337 e. The number of aryl methyl sites for hydroxylation is 1. The zero-order valence-corrected chi connectivity index (χ0v) is 12.7. The highest BCUT2D eigenvalue weighted by molar-refractivity contribution is 7.92. The molecule has 2 heterocycles. The maximum Gasteiger partial charge on any atom is 0.264 e. The van der Waals surface area contributed by atoms with E-state index < -0.39 is 10.0 Å². The van der Waals surface area contributed by atoms with E-state index in [4.69, 9.17) is 4.52 Å². The number of sulfonamides is 1. The number of thiophene rings is 1. The first-order chi connectivity index (χ1) is 10.0. The molecule has 2 aromatic heterocycles. The molecule has 0 unspecified atom stereocenters. The molecule has 1 N–H and O–H groups in total. The predicted octanol–water partition coefficient (Wildman–Crippen LogP) is 3.51. The first-order valence-corrected chi connectivity index (χ1v) is 8.56. The Morgan fingerprint density at radius 3 is 2.81 bits per heavy atom. The lowest BCUT2D eigenvalue weighted by Crippen LogP contribution is -2.12. The summed E-state index contributed by atoms with van der Waals surface area (Å²) in [7, 11) is -3.67. The number of rotatable bonds is 4. The van der Waals surface area contributed by atoms with Crippen LogP contribution in [0.4, 0.5) is 5.88 Å². The van der Waals surface area contributed by atoms with Gasteiger partial charge in [0.15, 0.2) is 0 Å². The van der Waals surface area contributed by atoms with Crippen LogP contribution in [-0.4, -0.2) is 13.6 Å². The van der Waals surface area contributed by atoms with E-state index in [2.05, 4.69) is 9.88 Å². The van der Waals surface area contributed by atoms with Gasteiger partial charge in [0.1, 0.15) is 5.69 Å². The van der Waals surface area contributed by atoms with Crippen molar-refractivity contribution in [3.63, 3.8) is 0 Å². The standard InChI is InChI=1S/C14H12N2O3S2/c1-10-3-2-4-12(7-10)21(17,18)16-14-8-13(15-19-14)11-5-6-20-9-11/h2-9,16H,1H3. The van der Waals surface area contributed by atoms with Gasteiger partial charge in [-0.25, -0.2) is 13.1 Å². The molecule has 7 heteroatoms. The van der Waals surface area contributed by atoms with Crippen LogP contribution in [0.5, 0.6) is 0 Å². The predicted molar refractivity (Wildman–Crippen MR) is 81.8 cm³/mol. The second kappa shape index (κ2) is 5.34. The van der Waals surface area contributed by atoms with Gasteiger partial charge in [-0.1, -0.05) is 17.3 Å². The van der Waals surface area contributed by atoms with Crippen LogP contribution in [0.1, 0.15) is 5.56 Å². The van der Waals surface area contributed by atoms with Crippen LogP contribution in [0.25, 0.3) is 11.3 Å². The van der Waals surface area contributed by atoms with Crippen LogP contribution in [-0.2, 0) is 10.0 Å². The van der Waals surface area contributed by atoms with Gasteiger partial charge < -0.3 is 4.52 Å². The lowest BCUT2D eigenvalue weighted by Gasteiger charge is -2.04. The third-order valence-electron chi connectivity index (χ3n) is 2.86. The Morgan fingerprint density at radius 2 is 2.10 bits per heavy atom. The third kappa shape index (κ3) is 2.98. The zero-order chi connectivity index (χ0) is 14.9. The minimum absolute atomic E-state index is 0.0951. The van der Waals surface area contributed by atoms with Crippen LogP contribution < -0.4 is 4.72 Å². The number of hydrogen-bond donors (Lipinski definition) is 1. The molecule has 0 bridgehead atoms. The molecule has 3 rings (SSSR count). The molecule has 0 spiro atoms. The van der Waals surface area contributed by atoms with Crippen molar-refractivity contribution in [1.82, 2.24) is 5.16 Å². The van der Waals surface area contributed by atoms with Crippen molar-refractivity contribution in [3.05, 3.63) is 52.7 Å². The monoisotopic (exact) mass is 320 g/mol. The number of hydrogen-bond acceptors (Lipinski definition) is 5. The fourth-order valence-corrected chi connectivity index (χ4v) is 3.57. The lowest BCUT2D eigenvalue weighted by molar-refractivity contribution is 0.438. The Balaban J connectivity index is 1.86. The molecule has 3 aromatic rings. The van der Waals surface area contributed by atoms with Gasteiger partial charge in [0.25, 0.3) is 10.0 Å². The molecule has 5 nitrogen and oxygen atoms in total. The van der Waals surface area contributed by atoms with E-state index in [9.17, 15) is 8.42 Å². The molecular weight excluding hydrogens is 308 g/mol. The molecule has 0 radical (unpaired) electrons. The van der Waals surface area contributed by atoms with Gasteiger partial charge in [-0.2, -0.15) is 11.3 Å². The van der Waals surface area contributed by atoms with Gasteiger partial charge in [0.2, 0.25) is 5.88 Å². The average molecular weight is 320 g/mol. The fraction of sp³-hybridized carbons (Fsp3) is 0.0714. The first kappa shape index (κ1) is 13.8. The highest BCUT2D eigenvalue weighted by Crippen LogP contribution is 2.25. The van der Waals surface area contributed by atoms with Crippen LogP contribution in [0.3, 0.4) is 0 Å². The van der Waals surface area contributed by atoms with Gasteiger partial charge in [-0.05, 0) is 36.1 Å². The molecule has 0 fully saturated rings. The minimum atomic E-state index is -3.67. The number of benzene rings is 1. The number of nitrogens with one attached hydrogen (secondary N) is 1. The van der Waals surface area contributed by atoms with Gasteiger partial charge in [0.05, 0.1) is 4.90 Å². The Morgan fingerprint density at radius 1 is 1.24 bits per heavy atom. The molecule has 21 heavy (non-hydrogen) atoms. The quantitative estimate of drug-likeness (QED) is 0.798. The summed E-state index contributed by atoms with van der Waals surface area (Å²) in [6, 6.07) is 10.1. The highest BCUT2D eigenvalue weighted by atomic mass is 32.2. The molecule has 1 aromatic carbocycles. The maximum atomic E-state index is 12.3. The van der Waals surface area contributed by atoms with E-state index in [0.29, 0.717) is 5.69 Å². The van der Waals surface area contributed by atoms with Crippen molar-refractivity contribution in [1.29, 1.82) is 0 Å². The van der Waals surface area contributed by atoms with E-state index in [-0.39, 0.29) is 10.8 Å². The molecule has 0 aliphatic rings. The van der Waals surface area contributed by atoms with Crippen molar-refractivity contribution in [2.45, 2.75) is 11.8 Å².